The van der Waals surface area contributed by atoms with Gasteiger partial charge < -0.3 is 19.5 Å². The number of hydroxylamine groups is 2. The Morgan fingerprint density at radius 1 is 1.00 bits per heavy atom. The van der Waals surface area contributed by atoms with Gasteiger partial charge in [-0.05, 0) is 24.3 Å². The largest absolute Gasteiger partial charge is 0.539 e. The van der Waals surface area contributed by atoms with Gasteiger partial charge in [0, 0.05) is 32.1 Å². The molecule has 29 heavy (non-hydrogen) atoms. The molecule has 1 fully saturated rings. The number of hydrogen-bond acceptors (Lipinski definition) is 8. The van der Waals surface area contributed by atoms with Crippen LogP contribution in [-0.2, 0) is 23.9 Å². The van der Waals surface area contributed by atoms with E-state index in [1.54, 1.807) is 7.11 Å². The van der Waals surface area contributed by atoms with Gasteiger partial charge in [0.1, 0.15) is 5.75 Å². The first-order valence-electron chi connectivity index (χ1n) is 8.21. The number of imide groups is 1. The van der Waals surface area contributed by atoms with Crippen molar-refractivity contribution < 1.29 is 38.2 Å². The highest BCUT2D eigenvalue weighted by molar-refractivity contribution is 6.01. The third kappa shape index (κ3) is 8.28. The fourth-order valence-electron chi connectivity index (χ4n) is 2.10. The van der Waals surface area contributed by atoms with E-state index in [0.29, 0.717) is 37.0 Å². The second-order valence-corrected chi connectivity index (χ2v) is 5.41. The van der Waals surface area contributed by atoms with Gasteiger partial charge in [0.05, 0.1) is 19.8 Å². The van der Waals surface area contributed by atoms with Crippen LogP contribution in [0.25, 0.3) is 0 Å². The Labute approximate surface area is 170 Å². The topological polar surface area (TPSA) is 120 Å². The molecule has 2 rings (SSSR count). The molecule has 1 heterocycles. The lowest BCUT2D eigenvalue weighted by atomic mass is 10.2. The van der Waals surface area contributed by atoms with Crippen molar-refractivity contribution in [2.45, 2.75) is 27.7 Å². The average molecular weight is 412 g/mol. The maximum atomic E-state index is 12.0. The lowest BCUT2D eigenvalue weighted by Gasteiger charge is -2.12. The molecule has 1 aromatic carbocycles. The Morgan fingerprint density at radius 3 is 2.21 bits per heavy atom. The zero-order valence-corrected chi connectivity index (χ0v) is 14.8. The van der Waals surface area contributed by atoms with E-state index in [4.69, 9.17) is 14.2 Å². The number of amides is 3. The summed E-state index contributed by atoms with van der Waals surface area (Å²) in [6, 6.07) is 5.68. The minimum absolute atomic E-state index is 0. The molecule has 10 heteroatoms. The molecule has 10 nitrogen and oxygen atoms in total. The van der Waals surface area contributed by atoms with Crippen molar-refractivity contribution in [3.63, 3.8) is 0 Å². The highest BCUT2D eigenvalue weighted by Crippen LogP contribution is 2.16. The van der Waals surface area contributed by atoms with Gasteiger partial charge in [0.15, 0.2) is 0 Å². The summed E-state index contributed by atoms with van der Waals surface area (Å²) in [5, 5.41) is 3.06. The fraction of sp³-hybridized carbons (Fsp3) is 0.474. The SMILES string of the molecule is C.C.COCCOCCNC(=O)c1ccc(OC(=O)ON2C(=O)CCC2=O)cc1. The monoisotopic (exact) mass is 412 g/mol. The number of carbonyl (C=O) groups is 4. The van der Waals surface area contributed by atoms with Crippen molar-refractivity contribution in [1.29, 1.82) is 0 Å². The van der Waals surface area contributed by atoms with E-state index in [9.17, 15) is 19.2 Å². The van der Waals surface area contributed by atoms with Gasteiger partial charge in [-0.15, -0.1) is 0 Å². The van der Waals surface area contributed by atoms with Crippen LogP contribution in [0.3, 0.4) is 0 Å². The van der Waals surface area contributed by atoms with E-state index >= 15 is 0 Å². The van der Waals surface area contributed by atoms with Crippen LogP contribution in [0.15, 0.2) is 24.3 Å². The third-order valence-corrected chi connectivity index (χ3v) is 3.45. The molecular weight excluding hydrogens is 384 g/mol. The number of carbonyl (C=O) groups excluding carboxylic acids is 4. The minimum atomic E-state index is -1.22. The molecule has 0 saturated carbocycles. The molecule has 1 aromatic rings. The number of hydrogen-bond donors (Lipinski definition) is 1. The highest BCUT2D eigenvalue weighted by Gasteiger charge is 2.33. The van der Waals surface area contributed by atoms with Crippen LogP contribution in [0.1, 0.15) is 38.1 Å². The molecule has 3 amide bonds. The number of rotatable bonds is 9. The normalized spacial score (nSPS) is 12.7. The van der Waals surface area contributed by atoms with Crippen LogP contribution >= 0.6 is 0 Å². The maximum Gasteiger partial charge on any atom is 0.539 e. The molecule has 0 aliphatic carbocycles. The molecule has 0 atom stereocenters. The Bertz CT molecular complexity index is 674. The molecule has 0 radical (unpaired) electrons. The molecule has 1 saturated heterocycles. The van der Waals surface area contributed by atoms with Crippen molar-refractivity contribution in [3.05, 3.63) is 29.8 Å². The van der Waals surface area contributed by atoms with E-state index in [1.807, 2.05) is 0 Å². The summed E-state index contributed by atoms with van der Waals surface area (Å²) in [6.07, 6.45) is -1.23. The van der Waals surface area contributed by atoms with Crippen LogP contribution < -0.4 is 10.1 Å². The number of nitrogens with zero attached hydrogens (tertiary/aromatic N) is 1. The standard InChI is InChI=1S/C17H20N2O8.2CH4/c1-24-10-11-25-9-8-18-16(22)12-2-4-13(5-3-12)26-17(23)27-19-14(20)6-7-15(19)21;;/h2-5H,6-11H2,1H3,(H,18,22);2*1H4. The van der Waals surface area contributed by atoms with Crippen molar-refractivity contribution >= 4 is 23.9 Å². The maximum absolute atomic E-state index is 12.0. The lowest BCUT2D eigenvalue weighted by Crippen LogP contribution is -2.33. The summed E-state index contributed by atoms with van der Waals surface area (Å²) < 4.78 is 14.9. The molecule has 1 aliphatic heterocycles. The molecule has 0 unspecified atom stereocenters. The first kappa shape index (κ1) is 26.0. The van der Waals surface area contributed by atoms with E-state index in [1.165, 1.54) is 24.3 Å². The van der Waals surface area contributed by atoms with Crippen molar-refractivity contribution in [1.82, 2.24) is 10.4 Å². The Balaban J connectivity index is 0.00000392. The molecule has 0 spiro atoms. The zero-order chi connectivity index (χ0) is 19.6. The summed E-state index contributed by atoms with van der Waals surface area (Å²) in [5.74, 6) is -1.42. The van der Waals surface area contributed by atoms with Crippen LogP contribution in [0.4, 0.5) is 4.79 Å². The lowest BCUT2D eigenvalue weighted by molar-refractivity contribution is -0.174. The van der Waals surface area contributed by atoms with Crippen LogP contribution in [0.5, 0.6) is 5.75 Å². The average Bonchev–Trinajstić information content (AvgIpc) is 2.97. The smallest absolute Gasteiger partial charge is 0.393 e. The van der Waals surface area contributed by atoms with E-state index in [-0.39, 0.29) is 39.4 Å². The summed E-state index contributed by atoms with van der Waals surface area (Å²) in [6.45, 7) is 1.63. The van der Waals surface area contributed by atoms with Crippen molar-refractivity contribution in [2.75, 3.05) is 33.5 Å². The van der Waals surface area contributed by atoms with Crippen molar-refractivity contribution in [2.24, 2.45) is 0 Å². The second kappa shape index (κ2) is 13.2. The molecule has 0 aromatic heterocycles. The van der Waals surface area contributed by atoms with Gasteiger partial charge >= 0.3 is 6.16 Å². The Hall–Kier alpha value is -2.98. The summed E-state index contributed by atoms with van der Waals surface area (Å²) in [5.41, 5.74) is 0.359. The number of ether oxygens (including phenoxy) is 3. The predicted octanol–water partition coefficient (Wildman–Crippen LogP) is 1.93. The highest BCUT2D eigenvalue weighted by atomic mass is 16.8. The first-order valence-corrected chi connectivity index (χ1v) is 8.21. The Morgan fingerprint density at radius 2 is 1.62 bits per heavy atom. The minimum Gasteiger partial charge on any atom is -0.393 e. The van der Waals surface area contributed by atoms with Crippen LogP contribution in [-0.4, -0.2) is 62.4 Å². The van der Waals surface area contributed by atoms with Gasteiger partial charge in [-0.25, -0.2) is 4.79 Å². The predicted molar refractivity (Wildman–Crippen MR) is 103 cm³/mol. The quantitative estimate of drug-likeness (QED) is 0.283. The van der Waals surface area contributed by atoms with Crippen LogP contribution in [0.2, 0.25) is 0 Å². The summed E-state index contributed by atoms with van der Waals surface area (Å²) >= 11 is 0. The Kier molecular flexibility index (Phi) is 11.9. The van der Waals surface area contributed by atoms with Crippen LogP contribution in [0, 0.1) is 0 Å². The van der Waals surface area contributed by atoms with Crippen molar-refractivity contribution in [3.8, 4) is 5.75 Å². The molecule has 0 bridgehead atoms. The molecule has 162 valence electrons. The van der Waals surface area contributed by atoms with E-state index in [0.717, 1.165) is 0 Å². The summed E-state index contributed by atoms with van der Waals surface area (Å²) in [7, 11) is 1.57. The second-order valence-electron chi connectivity index (χ2n) is 5.41. The van der Waals surface area contributed by atoms with Gasteiger partial charge in [-0.1, -0.05) is 19.9 Å². The number of benzene rings is 1. The third-order valence-electron chi connectivity index (χ3n) is 3.45. The first-order chi connectivity index (χ1) is 13.0. The van der Waals surface area contributed by atoms with Gasteiger partial charge in [0.2, 0.25) is 0 Å². The van der Waals surface area contributed by atoms with Gasteiger partial charge in [0.25, 0.3) is 17.7 Å². The zero-order valence-electron chi connectivity index (χ0n) is 14.8. The van der Waals surface area contributed by atoms with Gasteiger partial charge in [-0.3, -0.25) is 19.2 Å². The molecule has 1 aliphatic rings. The summed E-state index contributed by atoms with van der Waals surface area (Å²) in [4.78, 5) is 50.9. The number of methoxy groups -OCH3 is 1. The van der Waals surface area contributed by atoms with E-state index in [2.05, 4.69) is 10.2 Å². The fourth-order valence-corrected chi connectivity index (χ4v) is 2.10. The number of nitrogens with one attached hydrogen (secondary N) is 1. The molecular formula is C19H28N2O8. The van der Waals surface area contributed by atoms with Gasteiger partial charge in [-0.2, -0.15) is 0 Å². The molecule has 1 N–H and O–H groups in total. The van der Waals surface area contributed by atoms with E-state index < -0.39 is 18.0 Å².